The van der Waals surface area contributed by atoms with Crippen LogP contribution in [0, 0.1) is 11.7 Å². The van der Waals surface area contributed by atoms with E-state index >= 15 is 0 Å². The monoisotopic (exact) mass is 357 g/mol. The summed E-state index contributed by atoms with van der Waals surface area (Å²) in [5, 5.41) is 2.62. The summed E-state index contributed by atoms with van der Waals surface area (Å²) in [7, 11) is 0. The number of hydrogen-bond acceptors (Lipinski definition) is 3. The Morgan fingerprint density at radius 2 is 2.14 bits per heavy atom. The Morgan fingerprint density at radius 3 is 2.76 bits per heavy atom. The maximum atomic E-state index is 13.7. The lowest BCUT2D eigenvalue weighted by Gasteiger charge is -2.31. The first-order valence-electron chi connectivity index (χ1n) is 7.26. The molecule has 3 N–H and O–H groups in total. The van der Waals surface area contributed by atoms with Crippen LogP contribution < -0.4 is 11.1 Å². The number of carbonyl (C=O) groups excluding carboxylic acids is 1. The SMILES string of the molecule is NCCC1CCN(CC(=O)Nc2ccc(Br)cc2F)CC1. The standard InChI is InChI=1S/C15H21BrFN3O/c16-12-1-2-14(13(17)9-12)19-15(21)10-20-7-4-11(3-6-18)5-8-20/h1-2,9,11H,3-8,10,18H2,(H,19,21). The molecule has 1 heterocycles. The Morgan fingerprint density at radius 1 is 1.43 bits per heavy atom. The molecule has 1 aliphatic heterocycles. The van der Waals surface area contributed by atoms with Crippen LogP contribution in [0.4, 0.5) is 10.1 Å². The van der Waals surface area contributed by atoms with Gasteiger partial charge in [-0.15, -0.1) is 0 Å². The third kappa shape index (κ3) is 5.05. The Labute approximate surface area is 133 Å². The molecular weight excluding hydrogens is 337 g/mol. The normalized spacial score (nSPS) is 16.9. The number of rotatable bonds is 5. The molecule has 1 aliphatic rings. The van der Waals surface area contributed by atoms with E-state index in [1.54, 1.807) is 12.1 Å². The molecule has 0 aliphatic carbocycles. The van der Waals surface area contributed by atoms with Crippen molar-refractivity contribution < 1.29 is 9.18 Å². The molecule has 2 rings (SSSR count). The van der Waals surface area contributed by atoms with Crippen LogP contribution in [0.2, 0.25) is 0 Å². The number of nitrogens with one attached hydrogen (secondary N) is 1. The smallest absolute Gasteiger partial charge is 0.238 e. The second-order valence-corrected chi connectivity index (χ2v) is 6.38. The maximum Gasteiger partial charge on any atom is 0.238 e. The summed E-state index contributed by atoms with van der Waals surface area (Å²) in [6.07, 6.45) is 3.22. The summed E-state index contributed by atoms with van der Waals surface area (Å²) < 4.78 is 14.3. The molecule has 1 aromatic rings. The van der Waals surface area contributed by atoms with Gasteiger partial charge in [0.15, 0.2) is 0 Å². The molecule has 1 fully saturated rings. The van der Waals surface area contributed by atoms with Crippen LogP contribution >= 0.6 is 15.9 Å². The van der Waals surface area contributed by atoms with Crippen LogP contribution in [0.3, 0.4) is 0 Å². The number of halogens is 2. The molecule has 1 aromatic carbocycles. The molecule has 6 heteroatoms. The van der Waals surface area contributed by atoms with E-state index in [1.165, 1.54) is 6.07 Å². The fourth-order valence-electron chi connectivity index (χ4n) is 2.65. The van der Waals surface area contributed by atoms with Gasteiger partial charge in [-0.25, -0.2) is 4.39 Å². The number of piperidine rings is 1. The molecule has 0 radical (unpaired) electrons. The van der Waals surface area contributed by atoms with Crippen molar-refractivity contribution in [1.29, 1.82) is 0 Å². The molecule has 21 heavy (non-hydrogen) atoms. The average Bonchev–Trinajstić information content (AvgIpc) is 2.44. The molecule has 0 bridgehead atoms. The Bertz CT molecular complexity index is 490. The van der Waals surface area contributed by atoms with Crippen molar-refractivity contribution in [2.24, 2.45) is 11.7 Å². The molecule has 4 nitrogen and oxygen atoms in total. The van der Waals surface area contributed by atoms with Gasteiger partial charge in [0.25, 0.3) is 0 Å². The molecule has 0 atom stereocenters. The van der Waals surface area contributed by atoms with Gasteiger partial charge in [0.1, 0.15) is 5.82 Å². The molecule has 0 spiro atoms. The summed E-state index contributed by atoms with van der Waals surface area (Å²) in [6, 6.07) is 4.61. The summed E-state index contributed by atoms with van der Waals surface area (Å²) in [5.41, 5.74) is 5.79. The fourth-order valence-corrected chi connectivity index (χ4v) is 2.99. The second-order valence-electron chi connectivity index (χ2n) is 5.47. The second kappa shape index (κ2) is 7.87. The van der Waals surface area contributed by atoms with Crippen LogP contribution in [0.5, 0.6) is 0 Å². The number of nitrogens with zero attached hydrogens (tertiary/aromatic N) is 1. The van der Waals surface area contributed by atoms with Gasteiger partial charge in [-0.05, 0) is 63.0 Å². The molecule has 1 amide bonds. The predicted octanol–water partition coefficient (Wildman–Crippen LogP) is 2.59. The summed E-state index contributed by atoms with van der Waals surface area (Å²) in [6.45, 7) is 2.85. The van der Waals surface area contributed by atoms with Gasteiger partial charge in [-0.2, -0.15) is 0 Å². The number of nitrogens with two attached hydrogens (primary N) is 1. The topological polar surface area (TPSA) is 58.4 Å². The Balaban J connectivity index is 1.80. The molecular formula is C15H21BrFN3O. The largest absolute Gasteiger partial charge is 0.330 e. The maximum absolute atomic E-state index is 13.7. The number of amides is 1. The van der Waals surface area contributed by atoms with Gasteiger partial charge >= 0.3 is 0 Å². The van der Waals surface area contributed by atoms with E-state index in [4.69, 9.17) is 5.73 Å². The number of benzene rings is 1. The molecule has 0 unspecified atom stereocenters. The van der Waals surface area contributed by atoms with E-state index in [9.17, 15) is 9.18 Å². The zero-order chi connectivity index (χ0) is 15.2. The van der Waals surface area contributed by atoms with Crippen LogP contribution in [-0.4, -0.2) is 37.0 Å². The molecule has 116 valence electrons. The van der Waals surface area contributed by atoms with Crippen LogP contribution in [0.15, 0.2) is 22.7 Å². The van der Waals surface area contributed by atoms with Gasteiger partial charge in [0.2, 0.25) is 5.91 Å². The molecule has 0 saturated carbocycles. The minimum Gasteiger partial charge on any atom is -0.330 e. The van der Waals surface area contributed by atoms with Crippen molar-refractivity contribution in [3.8, 4) is 0 Å². The van der Waals surface area contributed by atoms with Crippen LogP contribution in [0.25, 0.3) is 0 Å². The van der Waals surface area contributed by atoms with Crippen molar-refractivity contribution in [1.82, 2.24) is 4.90 Å². The highest BCUT2D eigenvalue weighted by Gasteiger charge is 2.20. The summed E-state index contributed by atoms with van der Waals surface area (Å²) in [4.78, 5) is 14.1. The first kappa shape index (κ1) is 16.4. The lowest BCUT2D eigenvalue weighted by molar-refractivity contribution is -0.117. The highest BCUT2D eigenvalue weighted by molar-refractivity contribution is 9.10. The van der Waals surface area contributed by atoms with Gasteiger partial charge in [0, 0.05) is 4.47 Å². The van der Waals surface area contributed by atoms with E-state index in [-0.39, 0.29) is 11.6 Å². The van der Waals surface area contributed by atoms with Crippen molar-refractivity contribution in [3.05, 3.63) is 28.5 Å². The quantitative estimate of drug-likeness (QED) is 0.851. The summed E-state index contributed by atoms with van der Waals surface area (Å²) >= 11 is 3.19. The molecule has 1 saturated heterocycles. The fraction of sp³-hybridized carbons (Fsp3) is 0.533. The number of hydrogen-bond donors (Lipinski definition) is 2. The zero-order valence-corrected chi connectivity index (χ0v) is 13.5. The number of anilines is 1. The van der Waals surface area contributed by atoms with E-state index in [0.717, 1.165) is 38.9 Å². The van der Waals surface area contributed by atoms with Crippen molar-refractivity contribution in [2.75, 3.05) is 31.5 Å². The van der Waals surface area contributed by atoms with Crippen molar-refractivity contribution in [3.63, 3.8) is 0 Å². The highest BCUT2D eigenvalue weighted by atomic mass is 79.9. The summed E-state index contributed by atoms with van der Waals surface area (Å²) in [5.74, 6) is 0.0751. The van der Waals surface area contributed by atoms with Gasteiger partial charge in [0.05, 0.1) is 12.2 Å². The van der Waals surface area contributed by atoms with Gasteiger partial charge in [-0.3, -0.25) is 9.69 Å². The first-order chi connectivity index (χ1) is 10.1. The number of carbonyl (C=O) groups is 1. The lowest BCUT2D eigenvalue weighted by atomic mass is 9.94. The predicted molar refractivity (Wildman–Crippen MR) is 85.6 cm³/mol. The third-order valence-corrected chi connectivity index (χ3v) is 4.35. The minimum atomic E-state index is -0.431. The van der Waals surface area contributed by atoms with Gasteiger partial charge in [-0.1, -0.05) is 15.9 Å². The highest BCUT2D eigenvalue weighted by Crippen LogP contribution is 2.21. The number of likely N-dealkylation sites (tertiary alicyclic amines) is 1. The molecule has 0 aromatic heterocycles. The third-order valence-electron chi connectivity index (χ3n) is 3.85. The van der Waals surface area contributed by atoms with E-state index in [2.05, 4.69) is 26.1 Å². The Kier molecular flexibility index (Phi) is 6.14. The first-order valence-corrected chi connectivity index (χ1v) is 8.05. The van der Waals surface area contributed by atoms with E-state index in [0.29, 0.717) is 16.9 Å². The zero-order valence-electron chi connectivity index (χ0n) is 11.9. The van der Waals surface area contributed by atoms with Crippen LogP contribution in [-0.2, 0) is 4.79 Å². The van der Waals surface area contributed by atoms with Crippen LogP contribution in [0.1, 0.15) is 19.3 Å². The van der Waals surface area contributed by atoms with E-state index < -0.39 is 5.82 Å². The van der Waals surface area contributed by atoms with E-state index in [1.807, 2.05) is 0 Å². The van der Waals surface area contributed by atoms with Gasteiger partial charge < -0.3 is 11.1 Å². The van der Waals surface area contributed by atoms with Crippen molar-refractivity contribution in [2.45, 2.75) is 19.3 Å². The minimum absolute atomic E-state index is 0.173. The van der Waals surface area contributed by atoms with Crippen molar-refractivity contribution >= 4 is 27.5 Å². The Hall–Kier alpha value is -0.980. The lowest BCUT2D eigenvalue weighted by Crippen LogP contribution is -2.39. The average molecular weight is 358 g/mol.